The average molecular weight is 219 g/mol. The van der Waals surface area contributed by atoms with Crippen molar-refractivity contribution in [3.05, 3.63) is 22.8 Å². The molecular weight excluding hydrogens is 214 g/mol. The van der Waals surface area contributed by atoms with Crippen LogP contribution in [0, 0.1) is 11.3 Å². The van der Waals surface area contributed by atoms with Crippen LogP contribution in [0.2, 0.25) is 5.15 Å². The third-order valence-electron chi connectivity index (χ3n) is 1.26. The Morgan fingerprint density at radius 2 is 2.29 bits per heavy atom. The van der Waals surface area contributed by atoms with E-state index in [1.54, 1.807) is 6.07 Å². The van der Waals surface area contributed by atoms with E-state index in [2.05, 4.69) is 9.72 Å². The van der Waals surface area contributed by atoms with Gasteiger partial charge in [-0.15, -0.1) is 0 Å². The fourth-order valence-corrected chi connectivity index (χ4v) is 0.961. The van der Waals surface area contributed by atoms with Crippen molar-refractivity contribution in [2.24, 2.45) is 0 Å². The van der Waals surface area contributed by atoms with Crippen molar-refractivity contribution in [2.75, 3.05) is 6.61 Å². The van der Waals surface area contributed by atoms with E-state index in [-0.39, 0.29) is 16.6 Å². The van der Waals surface area contributed by atoms with Crippen molar-refractivity contribution in [2.45, 2.75) is 6.43 Å². The summed E-state index contributed by atoms with van der Waals surface area (Å²) >= 11 is 5.51. The first kappa shape index (κ1) is 10.7. The minimum atomic E-state index is -2.58. The van der Waals surface area contributed by atoms with Crippen molar-refractivity contribution in [3.8, 4) is 11.9 Å². The molecule has 0 N–H and O–H groups in total. The topological polar surface area (TPSA) is 45.9 Å². The summed E-state index contributed by atoms with van der Waals surface area (Å²) in [7, 11) is 0. The van der Waals surface area contributed by atoms with Crippen LogP contribution in [0.4, 0.5) is 8.78 Å². The van der Waals surface area contributed by atoms with Crippen LogP contribution < -0.4 is 4.74 Å². The summed E-state index contributed by atoms with van der Waals surface area (Å²) in [4.78, 5) is 3.61. The number of halogens is 3. The van der Waals surface area contributed by atoms with Gasteiger partial charge in [0, 0.05) is 6.07 Å². The van der Waals surface area contributed by atoms with Crippen molar-refractivity contribution in [3.63, 3.8) is 0 Å². The molecule has 0 saturated heterocycles. The molecule has 0 spiro atoms. The number of pyridine rings is 1. The number of hydrogen-bond acceptors (Lipinski definition) is 3. The molecule has 0 aliphatic heterocycles. The van der Waals surface area contributed by atoms with Gasteiger partial charge in [0.05, 0.1) is 11.6 Å². The first-order valence-corrected chi connectivity index (χ1v) is 3.98. The lowest BCUT2D eigenvalue weighted by atomic mass is 10.3. The maximum absolute atomic E-state index is 11.8. The summed E-state index contributed by atoms with van der Waals surface area (Å²) in [5.41, 5.74) is 0.217. The molecule has 1 rings (SSSR count). The predicted molar refractivity (Wildman–Crippen MR) is 45.5 cm³/mol. The number of ether oxygens (including phenoxy) is 1. The van der Waals surface area contributed by atoms with Gasteiger partial charge >= 0.3 is 0 Å². The summed E-state index contributed by atoms with van der Waals surface area (Å²) in [6.45, 7) is -0.766. The zero-order chi connectivity index (χ0) is 10.6. The quantitative estimate of drug-likeness (QED) is 0.731. The monoisotopic (exact) mass is 218 g/mol. The normalized spacial score (nSPS) is 9.93. The molecule has 3 nitrogen and oxygen atoms in total. The molecule has 0 aliphatic rings. The second-order valence-electron chi connectivity index (χ2n) is 2.33. The van der Waals surface area contributed by atoms with Gasteiger partial charge in [-0.3, -0.25) is 0 Å². The number of nitrogens with zero attached hydrogens (tertiary/aromatic N) is 2. The molecule has 6 heteroatoms. The standard InChI is InChI=1S/C8H5ClF2N2O/c9-6-1-5(3-12)2-8(13-6)14-4-7(10)11/h1-2,7H,4H2. The van der Waals surface area contributed by atoms with Gasteiger partial charge in [-0.05, 0) is 6.07 Å². The van der Waals surface area contributed by atoms with Crippen molar-refractivity contribution >= 4 is 11.6 Å². The molecule has 0 aliphatic carbocycles. The minimum Gasteiger partial charge on any atom is -0.472 e. The average Bonchev–Trinajstić information content (AvgIpc) is 2.14. The van der Waals surface area contributed by atoms with Crippen LogP contribution >= 0.6 is 11.6 Å². The van der Waals surface area contributed by atoms with Gasteiger partial charge in [0.25, 0.3) is 6.43 Å². The van der Waals surface area contributed by atoms with Crippen LogP contribution in [-0.4, -0.2) is 18.0 Å². The van der Waals surface area contributed by atoms with Crippen LogP contribution in [0.25, 0.3) is 0 Å². The third kappa shape index (κ3) is 3.15. The Labute approximate surface area is 83.9 Å². The van der Waals surface area contributed by atoms with E-state index in [0.29, 0.717) is 0 Å². The highest BCUT2D eigenvalue weighted by molar-refractivity contribution is 6.29. The fraction of sp³-hybridized carbons (Fsp3) is 0.250. The Morgan fingerprint density at radius 1 is 1.57 bits per heavy atom. The molecule has 1 aromatic rings. The van der Waals surface area contributed by atoms with Gasteiger partial charge in [-0.25, -0.2) is 13.8 Å². The first-order chi connectivity index (χ1) is 6.61. The van der Waals surface area contributed by atoms with Gasteiger partial charge in [0.1, 0.15) is 5.15 Å². The molecule has 74 valence electrons. The lowest BCUT2D eigenvalue weighted by Gasteiger charge is -2.04. The third-order valence-corrected chi connectivity index (χ3v) is 1.45. The van der Waals surface area contributed by atoms with Crippen LogP contribution in [0.1, 0.15) is 5.56 Å². The highest BCUT2D eigenvalue weighted by Crippen LogP contribution is 2.16. The number of aromatic nitrogens is 1. The SMILES string of the molecule is N#Cc1cc(Cl)nc(OCC(F)F)c1. The Balaban J connectivity index is 2.78. The molecule has 1 heterocycles. The maximum Gasteiger partial charge on any atom is 0.272 e. The smallest absolute Gasteiger partial charge is 0.272 e. The fourth-order valence-electron chi connectivity index (χ4n) is 0.760. The summed E-state index contributed by atoms with van der Waals surface area (Å²) in [6.07, 6.45) is -2.58. The molecule has 0 saturated carbocycles. The molecule has 0 bridgehead atoms. The molecule has 0 aromatic carbocycles. The molecule has 0 radical (unpaired) electrons. The molecule has 0 unspecified atom stereocenters. The highest BCUT2D eigenvalue weighted by atomic mass is 35.5. The number of nitriles is 1. The highest BCUT2D eigenvalue weighted by Gasteiger charge is 2.06. The van der Waals surface area contributed by atoms with Gasteiger partial charge in [0.15, 0.2) is 6.61 Å². The lowest BCUT2D eigenvalue weighted by Crippen LogP contribution is -2.08. The van der Waals surface area contributed by atoms with E-state index in [4.69, 9.17) is 16.9 Å². The molecule has 1 aromatic heterocycles. The van der Waals surface area contributed by atoms with Crippen molar-refractivity contribution < 1.29 is 13.5 Å². The maximum atomic E-state index is 11.8. The summed E-state index contributed by atoms with van der Waals surface area (Å²) in [5.74, 6) is -0.0747. The lowest BCUT2D eigenvalue weighted by molar-refractivity contribution is 0.0796. The zero-order valence-electron chi connectivity index (χ0n) is 6.88. The van der Waals surface area contributed by atoms with E-state index >= 15 is 0 Å². The van der Waals surface area contributed by atoms with Crippen LogP contribution in [0.15, 0.2) is 12.1 Å². The molecule has 14 heavy (non-hydrogen) atoms. The van der Waals surface area contributed by atoms with E-state index in [9.17, 15) is 8.78 Å². The summed E-state index contributed by atoms with van der Waals surface area (Å²) in [5, 5.41) is 8.56. The second-order valence-corrected chi connectivity index (χ2v) is 2.72. The number of hydrogen-bond donors (Lipinski definition) is 0. The molecular formula is C8H5ClF2N2O. The first-order valence-electron chi connectivity index (χ1n) is 3.60. The van der Waals surface area contributed by atoms with E-state index in [1.807, 2.05) is 0 Å². The van der Waals surface area contributed by atoms with Gasteiger partial charge in [-0.2, -0.15) is 5.26 Å². The molecule has 0 fully saturated rings. The summed E-state index contributed by atoms with van der Waals surface area (Å²) < 4.78 is 28.1. The number of alkyl halides is 2. The van der Waals surface area contributed by atoms with Crippen molar-refractivity contribution in [1.29, 1.82) is 5.26 Å². The zero-order valence-corrected chi connectivity index (χ0v) is 7.63. The molecule has 0 atom stereocenters. The Kier molecular flexibility index (Phi) is 3.60. The summed E-state index contributed by atoms with van der Waals surface area (Å²) in [6, 6.07) is 4.36. The predicted octanol–water partition coefficient (Wildman–Crippen LogP) is 2.25. The Morgan fingerprint density at radius 3 is 2.86 bits per heavy atom. The van der Waals surface area contributed by atoms with Gasteiger partial charge < -0.3 is 4.74 Å². The largest absolute Gasteiger partial charge is 0.472 e. The Bertz CT molecular complexity index is 365. The van der Waals surface area contributed by atoms with Gasteiger partial charge in [0.2, 0.25) is 5.88 Å². The minimum absolute atomic E-state index is 0.0355. The van der Waals surface area contributed by atoms with Crippen LogP contribution in [-0.2, 0) is 0 Å². The van der Waals surface area contributed by atoms with Crippen molar-refractivity contribution in [1.82, 2.24) is 4.98 Å². The van der Waals surface area contributed by atoms with E-state index in [0.717, 1.165) is 0 Å². The Hall–Kier alpha value is -1.41. The van der Waals surface area contributed by atoms with Crippen LogP contribution in [0.3, 0.4) is 0 Å². The molecule has 0 amide bonds. The van der Waals surface area contributed by atoms with Gasteiger partial charge in [-0.1, -0.05) is 11.6 Å². The number of rotatable bonds is 3. The second kappa shape index (κ2) is 4.72. The van der Waals surface area contributed by atoms with E-state index in [1.165, 1.54) is 12.1 Å². The van der Waals surface area contributed by atoms with E-state index < -0.39 is 13.0 Å². The van der Waals surface area contributed by atoms with Crippen LogP contribution in [0.5, 0.6) is 5.88 Å².